The van der Waals surface area contributed by atoms with Crippen LogP contribution in [0.2, 0.25) is 0 Å². The molecule has 40 heavy (non-hydrogen) atoms. The van der Waals surface area contributed by atoms with Gasteiger partial charge >= 0.3 is 0 Å². The van der Waals surface area contributed by atoms with Crippen LogP contribution in [0.1, 0.15) is 174 Å². The van der Waals surface area contributed by atoms with Crippen LogP contribution in [0.4, 0.5) is 0 Å². The normalized spacial score (nSPS) is 11.7. The van der Waals surface area contributed by atoms with Crippen molar-refractivity contribution in [2.24, 2.45) is 0 Å². The van der Waals surface area contributed by atoms with Gasteiger partial charge in [0.1, 0.15) is 0 Å². The lowest BCUT2D eigenvalue weighted by atomic mass is 9.91. The molecule has 0 aliphatic rings. The van der Waals surface area contributed by atoms with E-state index in [9.17, 15) is 0 Å². The third-order valence-electron chi connectivity index (χ3n) is 8.53. The Bertz CT molecular complexity index is 877. The second-order valence-corrected chi connectivity index (χ2v) is 14.8. The Morgan fingerprint density at radius 3 is 0.975 bits per heavy atom. The first-order valence-electron chi connectivity index (χ1n) is 17.0. The van der Waals surface area contributed by atoms with Crippen molar-refractivity contribution in [3.63, 3.8) is 0 Å². The van der Waals surface area contributed by atoms with Gasteiger partial charge in [0.25, 0.3) is 0 Å². The second-order valence-electron chi connectivity index (χ2n) is 11.9. The van der Waals surface area contributed by atoms with Crippen molar-refractivity contribution >= 4 is 34.0 Å². The smallest absolute Gasteiger partial charge is 0.0629 e. The molecule has 0 N–H and O–H groups in total. The number of aryl methyl sites for hydroxylation is 3. The van der Waals surface area contributed by atoms with Crippen LogP contribution in [-0.4, -0.2) is 0 Å². The Morgan fingerprint density at radius 1 is 0.400 bits per heavy atom. The van der Waals surface area contributed by atoms with Gasteiger partial charge in [-0.2, -0.15) is 0 Å². The molecule has 0 aliphatic heterocycles. The van der Waals surface area contributed by atoms with E-state index < -0.39 is 0 Å². The van der Waals surface area contributed by atoms with Gasteiger partial charge in [-0.1, -0.05) is 117 Å². The number of hydrogen-bond donors (Lipinski definition) is 0. The first-order chi connectivity index (χ1) is 19.8. The van der Waals surface area contributed by atoms with Crippen molar-refractivity contribution in [1.82, 2.24) is 0 Å². The molecular formula is C37H58S3. The van der Waals surface area contributed by atoms with Crippen molar-refractivity contribution in [2.75, 3.05) is 0 Å². The van der Waals surface area contributed by atoms with Gasteiger partial charge in [0.05, 0.1) is 5.92 Å². The number of thiophene rings is 3. The quantitative estimate of drug-likeness (QED) is 0.0900. The van der Waals surface area contributed by atoms with Gasteiger partial charge in [0.15, 0.2) is 0 Å². The largest absolute Gasteiger partial charge is 0.148 e. The van der Waals surface area contributed by atoms with Crippen LogP contribution in [0.25, 0.3) is 0 Å². The maximum absolute atomic E-state index is 2.46. The molecule has 3 aromatic heterocycles. The molecule has 0 aromatic carbocycles. The van der Waals surface area contributed by atoms with Crippen LogP contribution < -0.4 is 0 Å². The van der Waals surface area contributed by atoms with Gasteiger partial charge in [-0.05, 0) is 89.6 Å². The fraction of sp³-hybridized carbons (Fsp3) is 0.676. The van der Waals surface area contributed by atoms with Gasteiger partial charge < -0.3 is 0 Å². The highest BCUT2D eigenvalue weighted by atomic mass is 32.1. The molecule has 0 nitrogen and oxygen atoms in total. The highest BCUT2D eigenvalue weighted by molar-refractivity contribution is 7.13. The predicted molar refractivity (Wildman–Crippen MR) is 185 cm³/mol. The summed E-state index contributed by atoms with van der Waals surface area (Å²) in [4.78, 5) is 4.94. The Kier molecular flexibility index (Phi) is 17.6. The SMILES string of the molecule is CCCCCCCCc1ccsc1C(c1sccc1CCCCCCCC)c1sccc1CCCCCCCC. The number of rotatable bonds is 24. The van der Waals surface area contributed by atoms with Crippen LogP contribution >= 0.6 is 34.0 Å². The Hall–Kier alpha value is -0.900. The van der Waals surface area contributed by atoms with E-state index in [4.69, 9.17) is 0 Å². The molecular weight excluding hydrogens is 541 g/mol. The van der Waals surface area contributed by atoms with Crippen molar-refractivity contribution in [3.8, 4) is 0 Å². The molecule has 0 amide bonds. The van der Waals surface area contributed by atoms with Gasteiger partial charge in [-0.15, -0.1) is 34.0 Å². The maximum Gasteiger partial charge on any atom is 0.0629 e. The fourth-order valence-electron chi connectivity index (χ4n) is 6.07. The van der Waals surface area contributed by atoms with Gasteiger partial charge in [0, 0.05) is 14.6 Å². The molecule has 0 radical (unpaired) electrons. The average Bonchev–Trinajstić information content (AvgIpc) is 3.73. The molecule has 3 heterocycles. The molecule has 0 unspecified atom stereocenters. The predicted octanol–water partition coefficient (Wildman–Crippen LogP) is 13.8. The van der Waals surface area contributed by atoms with E-state index in [0.717, 1.165) is 0 Å². The van der Waals surface area contributed by atoms with E-state index in [2.05, 4.69) is 55.1 Å². The molecule has 0 saturated carbocycles. The third kappa shape index (κ3) is 11.4. The first kappa shape index (κ1) is 33.6. The molecule has 3 aromatic rings. The Balaban J connectivity index is 1.76. The maximum atomic E-state index is 2.46. The fourth-order valence-corrected chi connectivity index (χ4v) is 9.51. The van der Waals surface area contributed by atoms with Crippen molar-refractivity contribution in [2.45, 2.75) is 162 Å². The zero-order valence-electron chi connectivity index (χ0n) is 26.1. The van der Waals surface area contributed by atoms with E-state index in [1.807, 2.05) is 34.0 Å². The average molecular weight is 599 g/mol. The van der Waals surface area contributed by atoms with Crippen LogP contribution in [0.15, 0.2) is 34.3 Å². The molecule has 3 rings (SSSR count). The third-order valence-corrected chi connectivity index (χ3v) is 11.6. The van der Waals surface area contributed by atoms with Crippen LogP contribution in [0.3, 0.4) is 0 Å². The lowest BCUT2D eigenvalue weighted by Crippen LogP contribution is -2.06. The molecule has 0 fully saturated rings. The second kappa shape index (κ2) is 20.9. The summed E-state index contributed by atoms with van der Waals surface area (Å²) in [6.07, 6.45) is 28.5. The van der Waals surface area contributed by atoms with E-state index in [-0.39, 0.29) is 0 Å². The highest BCUT2D eigenvalue weighted by Gasteiger charge is 2.27. The molecule has 0 spiro atoms. The monoisotopic (exact) mass is 598 g/mol. The van der Waals surface area contributed by atoms with E-state index in [1.54, 1.807) is 31.3 Å². The lowest BCUT2D eigenvalue weighted by molar-refractivity contribution is 0.605. The van der Waals surface area contributed by atoms with Gasteiger partial charge in [-0.3, -0.25) is 0 Å². The standard InChI is InChI=1S/C37H58S3/c1-4-7-10-13-16-19-22-31-25-28-38-35(31)34(36-32(26-29-39-36)23-20-17-14-11-8-5-2)37-33(27-30-40-37)24-21-18-15-12-9-6-3/h25-30,34H,4-24H2,1-3H3. The molecule has 0 saturated heterocycles. The van der Waals surface area contributed by atoms with Crippen LogP contribution in [0.5, 0.6) is 0 Å². The summed E-state index contributed by atoms with van der Waals surface area (Å²) in [5.41, 5.74) is 4.88. The van der Waals surface area contributed by atoms with Gasteiger partial charge in [-0.25, -0.2) is 0 Å². The summed E-state index contributed by atoms with van der Waals surface area (Å²) >= 11 is 6.09. The topological polar surface area (TPSA) is 0 Å². The minimum Gasteiger partial charge on any atom is -0.148 e. The summed E-state index contributed by atoms with van der Waals surface area (Å²) in [5.74, 6) is 0.445. The van der Waals surface area contributed by atoms with Crippen molar-refractivity contribution in [3.05, 3.63) is 65.7 Å². The van der Waals surface area contributed by atoms with E-state index in [1.165, 1.54) is 135 Å². The number of unbranched alkanes of at least 4 members (excludes halogenated alkanes) is 15. The Labute approximate surface area is 260 Å². The van der Waals surface area contributed by atoms with Crippen LogP contribution in [-0.2, 0) is 19.3 Å². The summed E-state index contributed by atoms with van der Waals surface area (Å²) in [7, 11) is 0. The van der Waals surface area contributed by atoms with Crippen molar-refractivity contribution in [1.29, 1.82) is 0 Å². The molecule has 224 valence electrons. The Morgan fingerprint density at radius 2 is 0.675 bits per heavy atom. The molecule has 0 aliphatic carbocycles. The molecule has 0 bridgehead atoms. The van der Waals surface area contributed by atoms with Gasteiger partial charge in [0.2, 0.25) is 0 Å². The first-order valence-corrected chi connectivity index (χ1v) is 19.6. The molecule has 0 atom stereocenters. The highest BCUT2D eigenvalue weighted by Crippen LogP contribution is 2.45. The zero-order valence-corrected chi connectivity index (χ0v) is 28.6. The minimum absolute atomic E-state index is 0.445. The summed E-state index contributed by atoms with van der Waals surface area (Å²) in [6, 6.07) is 7.38. The van der Waals surface area contributed by atoms with E-state index in [0.29, 0.717) is 5.92 Å². The molecule has 3 heteroatoms. The van der Waals surface area contributed by atoms with Crippen LogP contribution in [0, 0.1) is 0 Å². The zero-order chi connectivity index (χ0) is 28.3. The summed E-state index contributed by atoms with van der Waals surface area (Å²) in [5, 5.41) is 7.16. The number of hydrogen-bond acceptors (Lipinski definition) is 3. The lowest BCUT2D eigenvalue weighted by Gasteiger charge is -2.20. The minimum atomic E-state index is 0.445. The van der Waals surface area contributed by atoms with Crippen molar-refractivity contribution < 1.29 is 0 Å². The summed E-state index contributed by atoms with van der Waals surface area (Å²) < 4.78 is 0. The summed E-state index contributed by atoms with van der Waals surface area (Å²) in [6.45, 7) is 6.94. The van der Waals surface area contributed by atoms with E-state index >= 15 is 0 Å².